The van der Waals surface area contributed by atoms with Crippen LogP contribution in [0.3, 0.4) is 0 Å². The molecule has 2 N–H and O–H groups in total. The van der Waals surface area contributed by atoms with Crippen molar-refractivity contribution in [1.29, 1.82) is 0 Å². The molecule has 1 saturated heterocycles. The van der Waals surface area contributed by atoms with E-state index in [9.17, 15) is 15.2 Å². The maximum Gasteiger partial charge on any atom is 0.269 e. The van der Waals surface area contributed by atoms with E-state index in [4.69, 9.17) is 19.3 Å². The maximum absolute atomic E-state index is 10.8. The van der Waals surface area contributed by atoms with E-state index in [2.05, 4.69) is 15.0 Å². The molecule has 12 nitrogen and oxygen atoms in total. The summed E-state index contributed by atoms with van der Waals surface area (Å²) in [5.41, 5.74) is 1.57. The number of fused-ring (bicyclic) bond motifs is 1. The van der Waals surface area contributed by atoms with Crippen molar-refractivity contribution in [1.82, 2.24) is 19.5 Å². The van der Waals surface area contributed by atoms with Crippen molar-refractivity contribution >= 4 is 16.9 Å². The number of nitro benzene ring substituents is 1. The number of hydrogen-bond acceptors (Lipinski definition) is 10. The first-order chi connectivity index (χ1) is 15.5. The first kappa shape index (κ1) is 22.0. The maximum atomic E-state index is 10.8. The molecular weight excluding hydrogens is 422 g/mol. The summed E-state index contributed by atoms with van der Waals surface area (Å²) in [7, 11) is 0. The summed E-state index contributed by atoms with van der Waals surface area (Å²) in [6, 6.07) is 6.03. The molecule has 0 bridgehead atoms. The van der Waals surface area contributed by atoms with E-state index >= 15 is 0 Å². The van der Waals surface area contributed by atoms with Gasteiger partial charge in [-0.1, -0.05) is 6.92 Å². The molecule has 4 atom stereocenters. The Labute approximate surface area is 182 Å². The highest BCUT2D eigenvalue weighted by molar-refractivity contribution is 5.76. The highest BCUT2D eigenvalue weighted by Gasteiger charge is 2.42. The number of imidazole rings is 1. The van der Waals surface area contributed by atoms with Gasteiger partial charge in [-0.15, -0.1) is 0 Å². The summed E-state index contributed by atoms with van der Waals surface area (Å²) in [5, 5.41) is 30.4. The number of aliphatic hydroxyl groups excluding tert-OH is 2. The minimum atomic E-state index is -0.811. The van der Waals surface area contributed by atoms with E-state index in [1.54, 1.807) is 16.7 Å². The lowest BCUT2D eigenvalue weighted by Crippen LogP contribution is -2.26. The first-order valence-corrected chi connectivity index (χ1v) is 10.1. The zero-order valence-electron chi connectivity index (χ0n) is 17.3. The third kappa shape index (κ3) is 4.39. The van der Waals surface area contributed by atoms with Gasteiger partial charge in [0.2, 0.25) is 5.88 Å². The van der Waals surface area contributed by atoms with Crippen LogP contribution < -0.4 is 4.74 Å². The summed E-state index contributed by atoms with van der Waals surface area (Å²) >= 11 is 0. The van der Waals surface area contributed by atoms with Crippen LogP contribution >= 0.6 is 0 Å². The third-order valence-corrected chi connectivity index (χ3v) is 5.37. The summed E-state index contributed by atoms with van der Waals surface area (Å²) in [5.74, 6) is 0.0475. The summed E-state index contributed by atoms with van der Waals surface area (Å²) in [6.45, 7) is 2.37. The molecule has 1 fully saturated rings. The van der Waals surface area contributed by atoms with E-state index < -0.39 is 17.3 Å². The first-order valence-electron chi connectivity index (χ1n) is 10.1. The van der Waals surface area contributed by atoms with Crippen LogP contribution in [0.15, 0.2) is 36.9 Å². The second-order valence-electron chi connectivity index (χ2n) is 7.43. The number of nitro groups is 1. The molecule has 4 rings (SSSR count). The standard InChI is InChI=1S/C20H23N5O7/c1-12-15(9-30-7-6-26)32-20(17(12)27)24-11-23-16-18(24)21-10-22-19(16)31-8-13-2-4-14(5-3-13)25(28)29/h2-5,10-12,15,17,20,26-27H,6-9H2,1H3/t12-,15-,17-,20-/m1/s1. The zero-order chi connectivity index (χ0) is 22.7. The van der Waals surface area contributed by atoms with Crippen molar-refractivity contribution in [3.8, 4) is 5.88 Å². The van der Waals surface area contributed by atoms with Crippen LogP contribution in [0.5, 0.6) is 5.88 Å². The Morgan fingerprint density at radius 3 is 2.75 bits per heavy atom. The quantitative estimate of drug-likeness (QED) is 0.279. The van der Waals surface area contributed by atoms with Crippen LogP contribution in [0, 0.1) is 16.0 Å². The normalized spacial score (nSPS) is 23.0. The second kappa shape index (κ2) is 9.53. The average molecular weight is 445 g/mol. The van der Waals surface area contributed by atoms with E-state index in [0.29, 0.717) is 11.2 Å². The van der Waals surface area contributed by atoms with Gasteiger partial charge in [-0.2, -0.15) is 4.98 Å². The van der Waals surface area contributed by atoms with Crippen LogP contribution in [-0.2, 0) is 16.1 Å². The Balaban J connectivity index is 1.50. The van der Waals surface area contributed by atoms with E-state index in [1.807, 2.05) is 6.92 Å². The van der Waals surface area contributed by atoms with E-state index in [0.717, 1.165) is 5.56 Å². The molecule has 0 aliphatic carbocycles. The number of aliphatic hydroxyl groups is 2. The van der Waals surface area contributed by atoms with Crippen molar-refractivity contribution in [2.24, 2.45) is 5.92 Å². The molecule has 1 aromatic carbocycles. The molecule has 2 aromatic heterocycles. The lowest BCUT2D eigenvalue weighted by atomic mass is 10.0. The number of hydrogen-bond donors (Lipinski definition) is 2. The van der Waals surface area contributed by atoms with Gasteiger partial charge < -0.3 is 24.4 Å². The smallest absolute Gasteiger partial charge is 0.269 e. The fraction of sp³-hybridized carbons (Fsp3) is 0.450. The second-order valence-corrected chi connectivity index (χ2v) is 7.43. The van der Waals surface area contributed by atoms with Crippen molar-refractivity contribution in [2.75, 3.05) is 19.8 Å². The van der Waals surface area contributed by atoms with Gasteiger partial charge in [-0.25, -0.2) is 9.97 Å². The molecule has 32 heavy (non-hydrogen) atoms. The van der Waals surface area contributed by atoms with Crippen LogP contribution in [0.4, 0.5) is 5.69 Å². The molecule has 0 radical (unpaired) electrons. The Morgan fingerprint density at radius 1 is 1.25 bits per heavy atom. The Morgan fingerprint density at radius 2 is 2.03 bits per heavy atom. The van der Waals surface area contributed by atoms with Gasteiger partial charge in [0.05, 0.1) is 37.2 Å². The molecule has 3 heterocycles. The van der Waals surface area contributed by atoms with Crippen LogP contribution in [0.2, 0.25) is 0 Å². The Bertz CT molecular complexity index is 1070. The number of non-ortho nitro benzene ring substituents is 1. The Hall–Kier alpha value is -3.19. The lowest BCUT2D eigenvalue weighted by Gasteiger charge is -2.17. The summed E-state index contributed by atoms with van der Waals surface area (Å²) in [4.78, 5) is 23.1. The number of benzene rings is 1. The monoisotopic (exact) mass is 445 g/mol. The minimum Gasteiger partial charge on any atom is -0.471 e. The molecule has 0 unspecified atom stereocenters. The minimum absolute atomic E-state index is 0.00124. The summed E-state index contributed by atoms with van der Waals surface area (Å²) in [6.07, 6.45) is 0.969. The lowest BCUT2D eigenvalue weighted by molar-refractivity contribution is -0.384. The molecule has 1 aliphatic rings. The van der Waals surface area contributed by atoms with Crippen molar-refractivity contribution in [3.63, 3.8) is 0 Å². The highest BCUT2D eigenvalue weighted by Crippen LogP contribution is 2.36. The molecule has 0 spiro atoms. The molecule has 3 aromatic rings. The number of rotatable bonds is 9. The Kier molecular flexibility index (Phi) is 6.55. The topological polar surface area (TPSA) is 155 Å². The third-order valence-electron chi connectivity index (χ3n) is 5.37. The van der Waals surface area contributed by atoms with Gasteiger partial charge in [-0.3, -0.25) is 14.7 Å². The van der Waals surface area contributed by atoms with Crippen molar-refractivity contribution < 1.29 is 29.3 Å². The molecule has 12 heteroatoms. The zero-order valence-corrected chi connectivity index (χ0v) is 17.3. The van der Waals surface area contributed by atoms with E-state index in [1.165, 1.54) is 24.8 Å². The molecule has 0 saturated carbocycles. The summed E-state index contributed by atoms with van der Waals surface area (Å²) < 4.78 is 18.8. The van der Waals surface area contributed by atoms with E-state index in [-0.39, 0.29) is 50.0 Å². The van der Waals surface area contributed by atoms with Crippen LogP contribution in [-0.4, -0.2) is 66.7 Å². The molecule has 1 aliphatic heterocycles. The molecule has 170 valence electrons. The van der Waals surface area contributed by atoms with Gasteiger partial charge in [0, 0.05) is 18.1 Å². The van der Waals surface area contributed by atoms with Crippen LogP contribution in [0.25, 0.3) is 11.2 Å². The SMILES string of the molecule is C[C@H]1[C@@H](O)[C@H](n2cnc3c(OCc4ccc([N+](=O)[O-])cc4)ncnc32)O[C@@H]1COCCO. The number of nitrogens with zero attached hydrogens (tertiary/aromatic N) is 5. The van der Waals surface area contributed by atoms with Gasteiger partial charge in [-0.05, 0) is 17.7 Å². The predicted octanol–water partition coefficient (Wildman–Crippen LogP) is 1.22. The highest BCUT2D eigenvalue weighted by atomic mass is 16.6. The predicted molar refractivity (Wildman–Crippen MR) is 110 cm³/mol. The van der Waals surface area contributed by atoms with Crippen molar-refractivity contribution in [3.05, 3.63) is 52.6 Å². The molecule has 0 amide bonds. The van der Waals surface area contributed by atoms with Crippen molar-refractivity contribution in [2.45, 2.75) is 32.0 Å². The van der Waals surface area contributed by atoms with Crippen LogP contribution in [0.1, 0.15) is 18.7 Å². The number of ether oxygens (including phenoxy) is 3. The number of aromatic nitrogens is 4. The average Bonchev–Trinajstić information content (AvgIpc) is 3.35. The fourth-order valence-electron chi connectivity index (χ4n) is 3.54. The fourth-order valence-corrected chi connectivity index (χ4v) is 3.54. The van der Waals surface area contributed by atoms with Gasteiger partial charge in [0.1, 0.15) is 19.0 Å². The van der Waals surface area contributed by atoms with Gasteiger partial charge >= 0.3 is 0 Å². The largest absolute Gasteiger partial charge is 0.471 e. The van der Waals surface area contributed by atoms with Gasteiger partial charge in [0.15, 0.2) is 17.4 Å². The van der Waals surface area contributed by atoms with Gasteiger partial charge in [0.25, 0.3) is 5.69 Å². The molecular formula is C20H23N5O7.